The normalized spacial score (nSPS) is 11.6. The smallest absolute Gasteiger partial charge is 0.328 e. The topological polar surface area (TPSA) is 347 Å². The number of Topliss-reactive ketones (excluding diaryl/α,β-unsaturated/α-hetero) is 1. The van der Waals surface area contributed by atoms with E-state index in [1.54, 1.807) is 146 Å². The summed E-state index contributed by atoms with van der Waals surface area (Å²) in [5.74, 6) is -5.59. The molecule has 0 saturated heterocycles. The van der Waals surface area contributed by atoms with Gasteiger partial charge in [-0.15, -0.1) is 13.2 Å². The fraction of sp³-hybridized carbons (Fsp3) is 0.364. The monoisotopic (exact) mass is 1420 g/mol. The van der Waals surface area contributed by atoms with Crippen LogP contribution >= 0.6 is 0 Å². The predicted octanol–water partition coefficient (Wildman–Crippen LogP) is 9.59. The number of rotatable bonds is 31. The molecule has 0 saturated carbocycles. The number of methoxy groups -OCH3 is 6. The largest absolute Gasteiger partial charge is 0.469 e. The minimum absolute atomic E-state index is 0.0855. The number of carbonyl (C=O) groups excluding carboxylic acids is 13. The number of allylic oxidation sites excluding steroid dienone is 4. The number of esters is 7. The Balaban J connectivity index is 0. The van der Waals surface area contributed by atoms with E-state index in [9.17, 15) is 62.3 Å². The third-order valence-electron chi connectivity index (χ3n) is 13.3. The Morgan fingerprint density at radius 2 is 0.637 bits per heavy atom. The molecule has 4 aromatic carbocycles. The van der Waals surface area contributed by atoms with Gasteiger partial charge in [0.2, 0.25) is 5.91 Å². The molecular formula is C77H101N5O20. The van der Waals surface area contributed by atoms with Crippen molar-refractivity contribution in [3.63, 3.8) is 0 Å². The molecule has 554 valence electrons. The quantitative estimate of drug-likeness (QED) is 0.0178. The lowest BCUT2D eigenvalue weighted by atomic mass is 9.98. The van der Waals surface area contributed by atoms with Crippen molar-refractivity contribution in [1.29, 1.82) is 0 Å². The summed E-state index contributed by atoms with van der Waals surface area (Å²) >= 11 is 0. The van der Waals surface area contributed by atoms with E-state index in [4.69, 9.17) is 18.9 Å². The van der Waals surface area contributed by atoms with Crippen molar-refractivity contribution >= 4 is 77.1 Å². The first-order chi connectivity index (χ1) is 48.5. The second kappa shape index (κ2) is 56.5. The molecule has 0 aliphatic heterocycles. The highest BCUT2D eigenvalue weighted by Crippen LogP contribution is 2.14. The zero-order chi connectivity index (χ0) is 77.4. The third kappa shape index (κ3) is 43.8. The van der Waals surface area contributed by atoms with Crippen molar-refractivity contribution in [2.45, 2.75) is 131 Å². The Bertz CT molecular complexity index is 3380. The number of carbonyl (C=O) groups is 13. The van der Waals surface area contributed by atoms with E-state index in [0.29, 0.717) is 47.9 Å². The van der Waals surface area contributed by atoms with Crippen molar-refractivity contribution in [3.05, 3.63) is 216 Å². The molecule has 5 amide bonds. The number of hydrogen-bond donors (Lipinski definition) is 5. The van der Waals surface area contributed by atoms with E-state index in [1.165, 1.54) is 69.0 Å². The molecule has 0 heterocycles. The highest BCUT2D eigenvalue weighted by Gasteiger charge is 2.25. The van der Waals surface area contributed by atoms with Crippen molar-refractivity contribution < 1.29 is 95.5 Å². The van der Waals surface area contributed by atoms with Crippen LogP contribution in [0.5, 0.6) is 0 Å². The molecule has 5 N–H and O–H groups in total. The molecule has 4 rings (SSSR count). The van der Waals surface area contributed by atoms with Gasteiger partial charge in [-0.25, -0.2) is 24.0 Å². The first-order valence-corrected chi connectivity index (χ1v) is 32.1. The minimum atomic E-state index is -0.858. The molecule has 0 spiro atoms. The zero-order valence-electron chi connectivity index (χ0n) is 60.9. The van der Waals surface area contributed by atoms with Crippen LogP contribution in [0.3, 0.4) is 0 Å². The van der Waals surface area contributed by atoms with Crippen LogP contribution in [0.1, 0.15) is 142 Å². The molecule has 0 aromatic heterocycles. The Morgan fingerprint density at radius 3 is 0.892 bits per heavy atom. The average molecular weight is 1420 g/mol. The molecule has 4 aromatic rings. The van der Waals surface area contributed by atoms with E-state index in [2.05, 4.69) is 73.9 Å². The van der Waals surface area contributed by atoms with E-state index >= 15 is 0 Å². The number of hydrogen-bond acceptors (Lipinski definition) is 20. The van der Waals surface area contributed by atoms with Crippen LogP contribution in [-0.2, 0) is 76.3 Å². The molecule has 0 bridgehead atoms. The Kier molecular flexibility index (Phi) is 51.3. The van der Waals surface area contributed by atoms with Gasteiger partial charge >= 0.3 is 41.8 Å². The standard InChI is InChI=1S/C20H25NO6.C16H19NO5.C15H19NO3.C13H15NO3.C8H13NO3.C5H10/c1-14(22)13-16(19(24)26-2)11-7-8-12-17(20(25)27-3)21-18(23)15-9-5-4-6-10-15;1-12(18)22-11-7-6-10-14(16(20)21-2)17-15(19)13-8-4-3-5-9-13;1-11(2)9-10-13(15(18)19-3)16-14(17)12-7-5-4-6-8-12;1-3-7-11(13(16)17-2)14-12(15)10-8-5-4-6-9-10;1-4-5-7(8(11)12-3)9-6(2)10;1-4-5(2)3/h4-10,16-17H,11-13H2,1-3H3,(H,21,23);3-9,14H,10-11H2,1-2H3,(H,17,19);4-9,13H,10H2,1-3H3,(H,16,17);3-6,8-9,11H,1,7H2,2H3,(H,14,15);4,7H,1,5H2,2-3H3,(H,9,10);4H,1-3H3. The number of ether oxygens (including phenoxy) is 7. The van der Waals surface area contributed by atoms with Gasteiger partial charge in [0.1, 0.15) is 42.6 Å². The Hall–Kier alpha value is -11.4. The zero-order valence-corrected chi connectivity index (χ0v) is 60.9. The minimum Gasteiger partial charge on any atom is -0.469 e. The SMILES string of the molecule is C=CCC(NC(=O)c1ccccc1)C(=O)OC.C=CCC(NC(C)=O)C(=O)OC.CC=C(C)C.COC(=O)C(CC=C(C)C)NC(=O)c1ccccc1.COC(=O)C(CC=CCC(NC(=O)c1ccccc1)C(=O)OC)CC(C)=O.COC(=O)C(CC=CCOC(C)=O)NC(=O)c1ccccc1. The van der Waals surface area contributed by atoms with Crippen LogP contribution < -0.4 is 26.6 Å². The summed E-state index contributed by atoms with van der Waals surface area (Å²) in [4.78, 5) is 150. The molecule has 25 nitrogen and oxygen atoms in total. The van der Waals surface area contributed by atoms with Crippen LogP contribution in [0.15, 0.2) is 194 Å². The average Bonchev–Trinajstić information content (AvgIpc) is 0.909. The molecular weight excluding hydrogens is 1310 g/mol. The summed E-state index contributed by atoms with van der Waals surface area (Å²) in [7, 11) is 7.64. The summed E-state index contributed by atoms with van der Waals surface area (Å²) in [6.45, 7) is 21.3. The van der Waals surface area contributed by atoms with Gasteiger partial charge in [0.05, 0.1) is 48.6 Å². The first-order valence-electron chi connectivity index (χ1n) is 32.1. The van der Waals surface area contributed by atoms with E-state index in [-0.39, 0.29) is 67.2 Å². The van der Waals surface area contributed by atoms with Gasteiger partial charge in [0.25, 0.3) is 23.6 Å². The fourth-order valence-electron chi connectivity index (χ4n) is 7.77. The predicted molar refractivity (Wildman–Crippen MR) is 387 cm³/mol. The van der Waals surface area contributed by atoms with Crippen LogP contribution in [-0.4, -0.2) is 157 Å². The van der Waals surface area contributed by atoms with Crippen LogP contribution in [0.4, 0.5) is 0 Å². The first kappa shape index (κ1) is 92.7. The third-order valence-corrected chi connectivity index (χ3v) is 13.3. The maximum atomic E-state index is 12.2. The molecule has 0 aliphatic rings. The van der Waals surface area contributed by atoms with Gasteiger partial charge in [-0.2, -0.15) is 0 Å². The van der Waals surface area contributed by atoms with E-state index in [1.807, 2.05) is 39.0 Å². The molecule has 102 heavy (non-hydrogen) atoms. The summed E-state index contributed by atoms with van der Waals surface area (Å²) in [6.07, 6.45) is 15.7. The molecule has 6 atom stereocenters. The van der Waals surface area contributed by atoms with Gasteiger partial charge in [-0.3, -0.25) is 33.6 Å². The fourth-order valence-corrected chi connectivity index (χ4v) is 7.77. The molecule has 6 unspecified atom stereocenters. The van der Waals surface area contributed by atoms with Gasteiger partial charge < -0.3 is 64.5 Å². The molecule has 0 fully saturated rings. The Labute approximate surface area is 598 Å². The number of benzene rings is 4. The molecule has 0 aliphatic carbocycles. The molecule has 25 heteroatoms. The van der Waals surface area contributed by atoms with Gasteiger partial charge in [-0.05, 0) is 129 Å². The second-order valence-corrected chi connectivity index (χ2v) is 21.9. The number of amides is 5. The van der Waals surface area contributed by atoms with Crippen molar-refractivity contribution in [2.24, 2.45) is 5.92 Å². The van der Waals surface area contributed by atoms with E-state index < -0.39 is 71.9 Å². The maximum absolute atomic E-state index is 12.2. The Morgan fingerprint density at radius 1 is 0.363 bits per heavy atom. The highest BCUT2D eigenvalue weighted by molar-refractivity contribution is 5.99. The van der Waals surface area contributed by atoms with Crippen LogP contribution in [0.25, 0.3) is 0 Å². The molecule has 0 radical (unpaired) electrons. The van der Waals surface area contributed by atoms with Crippen LogP contribution in [0.2, 0.25) is 0 Å². The van der Waals surface area contributed by atoms with Crippen molar-refractivity contribution in [1.82, 2.24) is 26.6 Å². The number of nitrogens with one attached hydrogen (secondary N) is 5. The summed E-state index contributed by atoms with van der Waals surface area (Å²) < 4.78 is 32.6. The van der Waals surface area contributed by atoms with Crippen molar-refractivity contribution in [2.75, 3.05) is 49.3 Å². The van der Waals surface area contributed by atoms with Crippen molar-refractivity contribution in [3.8, 4) is 0 Å². The van der Waals surface area contributed by atoms with Gasteiger partial charge in [-0.1, -0.05) is 133 Å². The van der Waals surface area contributed by atoms with Crippen LogP contribution in [0, 0.1) is 5.92 Å². The lowest BCUT2D eigenvalue weighted by Gasteiger charge is -2.15. The lowest BCUT2D eigenvalue weighted by molar-refractivity contribution is -0.147. The highest BCUT2D eigenvalue weighted by atomic mass is 16.5. The summed E-state index contributed by atoms with van der Waals surface area (Å²) in [6, 6.07) is 31.0. The lowest BCUT2D eigenvalue weighted by Crippen LogP contribution is -2.41. The number of ketones is 1. The van der Waals surface area contributed by atoms with Gasteiger partial charge in [0, 0.05) is 42.5 Å². The summed E-state index contributed by atoms with van der Waals surface area (Å²) in [5, 5.41) is 13.0. The summed E-state index contributed by atoms with van der Waals surface area (Å²) in [5.41, 5.74) is 4.38. The van der Waals surface area contributed by atoms with Gasteiger partial charge in [0.15, 0.2) is 0 Å². The second-order valence-electron chi connectivity index (χ2n) is 21.9. The maximum Gasteiger partial charge on any atom is 0.328 e. The van der Waals surface area contributed by atoms with E-state index in [0.717, 1.165) is 5.57 Å².